The number of rotatable bonds is 6. The van der Waals surface area contributed by atoms with Gasteiger partial charge in [0.25, 0.3) is 5.91 Å². The summed E-state index contributed by atoms with van der Waals surface area (Å²) in [4.78, 5) is 40.8. The third kappa shape index (κ3) is 3.85. The van der Waals surface area contributed by atoms with Crippen molar-refractivity contribution in [2.45, 2.75) is 26.8 Å². The number of likely N-dealkylation sites (N-methyl/N-ethyl adjacent to an activating group) is 1. The maximum atomic E-state index is 13.3. The molecule has 2 aliphatic rings. The predicted molar refractivity (Wildman–Crippen MR) is 102 cm³/mol. The Bertz CT molecular complexity index is 819. The minimum absolute atomic E-state index is 0.0690. The molecule has 2 N–H and O–H groups in total. The van der Waals surface area contributed by atoms with Gasteiger partial charge in [-0.1, -0.05) is 26.0 Å². The molecule has 1 atom stereocenters. The summed E-state index contributed by atoms with van der Waals surface area (Å²) in [6.07, 6.45) is 0. The van der Waals surface area contributed by atoms with Crippen LogP contribution in [0.2, 0.25) is 0 Å². The van der Waals surface area contributed by atoms with E-state index in [0.29, 0.717) is 35.8 Å². The lowest BCUT2D eigenvalue weighted by Gasteiger charge is -2.32. The number of benzene rings is 1. The van der Waals surface area contributed by atoms with Crippen LogP contribution in [0.4, 0.5) is 9.18 Å². The normalized spacial score (nSPS) is 19.2. The number of hydrogen-bond acceptors (Lipinski definition) is 3. The Morgan fingerprint density at radius 2 is 1.96 bits per heavy atom. The summed E-state index contributed by atoms with van der Waals surface area (Å²) in [6, 6.07) is 4.72. The highest BCUT2D eigenvalue weighted by Gasteiger charge is 2.43. The van der Waals surface area contributed by atoms with Gasteiger partial charge in [0.15, 0.2) is 0 Å². The van der Waals surface area contributed by atoms with E-state index >= 15 is 0 Å². The molecule has 4 amide bonds. The van der Waals surface area contributed by atoms with Crippen LogP contribution in [0.3, 0.4) is 0 Å². The highest BCUT2D eigenvalue weighted by Crippen LogP contribution is 2.36. The molecule has 0 saturated carbocycles. The van der Waals surface area contributed by atoms with Crippen molar-refractivity contribution in [2.75, 3.05) is 26.2 Å². The van der Waals surface area contributed by atoms with Crippen molar-refractivity contribution in [2.24, 2.45) is 5.92 Å². The molecule has 8 heteroatoms. The van der Waals surface area contributed by atoms with E-state index in [-0.39, 0.29) is 30.9 Å². The average molecular weight is 388 g/mol. The van der Waals surface area contributed by atoms with Gasteiger partial charge >= 0.3 is 6.03 Å². The molecule has 1 aromatic carbocycles. The van der Waals surface area contributed by atoms with Crippen molar-refractivity contribution in [3.8, 4) is 0 Å². The van der Waals surface area contributed by atoms with Gasteiger partial charge in [0, 0.05) is 13.1 Å². The molecule has 150 valence electrons. The fourth-order valence-corrected chi connectivity index (χ4v) is 3.46. The third-order valence-corrected chi connectivity index (χ3v) is 4.86. The minimum Gasteiger partial charge on any atom is -0.354 e. The number of carbonyl (C=O) groups is 3. The molecular formula is C20H25FN4O3. The molecular weight excluding hydrogens is 363 g/mol. The van der Waals surface area contributed by atoms with E-state index in [2.05, 4.69) is 10.6 Å². The van der Waals surface area contributed by atoms with E-state index in [1.165, 1.54) is 21.9 Å². The fourth-order valence-electron chi connectivity index (χ4n) is 3.46. The summed E-state index contributed by atoms with van der Waals surface area (Å²) in [5, 5.41) is 5.63. The Morgan fingerprint density at radius 3 is 2.57 bits per heavy atom. The van der Waals surface area contributed by atoms with Gasteiger partial charge in [-0.2, -0.15) is 0 Å². The Hall–Kier alpha value is -2.90. The second-order valence-corrected chi connectivity index (χ2v) is 7.40. The predicted octanol–water partition coefficient (Wildman–Crippen LogP) is 1.78. The number of nitrogens with one attached hydrogen (secondary N) is 2. The Labute approximate surface area is 163 Å². The molecule has 0 radical (unpaired) electrons. The van der Waals surface area contributed by atoms with Crippen molar-refractivity contribution in [3.63, 3.8) is 0 Å². The number of nitrogens with zero attached hydrogens (tertiary/aromatic N) is 2. The topological polar surface area (TPSA) is 81.8 Å². The Kier molecular flexibility index (Phi) is 5.67. The SMILES string of the molecule is CCN1C(=O)N[C@@H](c2ccc(F)cc2)C2=C1CN(CC(=O)NCC(C)C)C2=O. The van der Waals surface area contributed by atoms with Crippen molar-refractivity contribution in [3.05, 3.63) is 46.9 Å². The van der Waals surface area contributed by atoms with E-state index in [4.69, 9.17) is 0 Å². The van der Waals surface area contributed by atoms with Crippen LogP contribution in [0.1, 0.15) is 32.4 Å². The summed E-state index contributed by atoms with van der Waals surface area (Å²) < 4.78 is 13.3. The maximum Gasteiger partial charge on any atom is 0.322 e. The fraction of sp³-hybridized carbons (Fsp3) is 0.450. The molecule has 0 spiro atoms. The lowest BCUT2D eigenvalue weighted by atomic mass is 9.95. The number of urea groups is 1. The molecule has 0 aromatic heterocycles. The molecule has 28 heavy (non-hydrogen) atoms. The van der Waals surface area contributed by atoms with Gasteiger partial charge in [-0.25, -0.2) is 9.18 Å². The highest BCUT2D eigenvalue weighted by atomic mass is 19.1. The van der Waals surface area contributed by atoms with Crippen LogP contribution in [-0.2, 0) is 9.59 Å². The molecule has 3 rings (SSSR count). The van der Waals surface area contributed by atoms with Gasteiger partial charge in [0.2, 0.25) is 5.91 Å². The largest absolute Gasteiger partial charge is 0.354 e. The van der Waals surface area contributed by atoms with Crippen molar-refractivity contribution in [1.29, 1.82) is 0 Å². The van der Waals surface area contributed by atoms with Crippen LogP contribution in [-0.4, -0.2) is 53.8 Å². The van der Waals surface area contributed by atoms with Crippen LogP contribution in [0.15, 0.2) is 35.5 Å². The van der Waals surface area contributed by atoms with E-state index in [0.717, 1.165) is 0 Å². The number of hydrogen-bond donors (Lipinski definition) is 2. The number of halogens is 1. The molecule has 7 nitrogen and oxygen atoms in total. The van der Waals surface area contributed by atoms with Crippen molar-refractivity contribution < 1.29 is 18.8 Å². The molecule has 0 saturated heterocycles. The maximum absolute atomic E-state index is 13.3. The van der Waals surface area contributed by atoms with Gasteiger partial charge in [-0.15, -0.1) is 0 Å². The second kappa shape index (κ2) is 8.00. The second-order valence-electron chi connectivity index (χ2n) is 7.40. The number of carbonyl (C=O) groups excluding carboxylic acids is 3. The van der Waals surface area contributed by atoms with Gasteiger partial charge in [-0.3, -0.25) is 14.5 Å². The van der Waals surface area contributed by atoms with Crippen molar-refractivity contribution in [1.82, 2.24) is 20.4 Å². The van der Waals surface area contributed by atoms with E-state index in [1.54, 1.807) is 12.1 Å². The first-order valence-electron chi connectivity index (χ1n) is 9.44. The zero-order valence-corrected chi connectivity index (χ0v) is 16.3. The standard InChI is InChI=1S/C20H25FN4O3/c1-4-25-15-10-24(11-16(26)22-9-12(2)3)19(27)17(15)18(23-20(25)28)13-5-7-14(21)8-6-13/h5-8,12,18H,4,9-11H2,1-3H3,(H,22,26)(H,23,28)/t18-/m0/s1. The van der Waals surface area contributed by atoms with E-state index < -0.39 is 11.9 Å². The van der Waals surface area contributed by atoms with Crippen LogP contribution in [0, 0.1) is 11.7 Å². The summed E-state index contributed by atoms with van der Waals surface area (Å²) in [7, 11) is 0. The summed E-state index contributed by atoms with van der Waals surface area (Å²) >= 11 is 0. The first-order valence-corrected chi connectivity index (χ1v) is 9.44. The molecule has 1 aromatic rings. The summed E-state index contributed by atoms with van der Waals surface area (Å²) in [5.74, 6) is -0.605. The zero-order chi connectivity index (χ0) is 20.4. The molecule has 2 aliphatic heterocycles. The Balaban J connectivity index is 1.86. The number of amides is 4. The van der Waals surface area contributed by atoms with Gasteiger partial charge in [0.05, 0.1) is 23.9 Å². The van der Waals surface area contributed by atoms with Crippen molar-refractivity contribution >= 4 is 17.8 Å². The zero-order valence-electron chi connectivity index (χ0n) is 16.3. The van der Waals surface area contributed by atoms with Crippen LogP contribution in [0.5, 0.6) is 0 Å². The first kappa shape index (κ1) is 19.9. The van der Waals surface area contributed by atoms with Gasteiger partial charge < -0.3 is 15.5 Å². The molecule has 2 heterocycles. The van der Waals surface area contributed by atoms with Crippen LogP contribution >= 0.6 is 0 Å². The highest BCUT2D eigenvalue weighted by molar-refractivity contribution is 6.03. The quantitative estimate of drug-likeness (QED) is 0.779. The Morgan fingerprint density at radius 1 is 1.29 bits per heavy atom. The molecule has 0 aliphatic carbocycles. The van der Waals surface area contributed by atoms with E-state index in [1.807, 2.05) is 20.8 Å². The smallest absolute Gasteiger partial charge is 0.322 e. The summed E-state index contributed by atoms with van der Waals surface area (Å²) in [5.41, 5.74) is 1.66. The van der Waals surface area contributed by atoms with Gasteiger partial charge in [-0.05, 0) is 30.5 Å². The third-order valence-electron chi connectivity index (χ3n) is 4.86. The van der Waals surface area contributed by atoms with Gasteiger partial charge in [0.1, 0.15) is 12.4 Å². The molecule has 0 unspecified atom stereocenters. The lowest BCUT2D eigenvalue weighted by molar-refractivity contribution is -0.132. The van der Waals surface area contributed by atoms with Crippen LogP contribution in [0.25, 0.3) is 0 Å². The molecule has 0 bridgehead atoms. The van der Waals surface area contributed by atoms with Crippen LogP contribution < -0.4 is 10.6 Å². The molecule has 0 fully saturated rings. The lowest BCUT2D eigenvalue weighted by Crippen LogP contribution is -2.47. The minimum atomic E-state index is -0.665. The monoisotopic (exact) mass is 388 g/mol. The summed E-state index contributed by atoms with van der Waals surface area (Å²) in [6.45, 7) is 6.87. The van der Waals surface area contributed by atoms with E-state index in [9.17, 15) is 18.8 Å². The first-order chi connectivity index (χ1) is 13.3. The average Bonchev–Trinajstić information content (AvgIpc) is 2.96.